The van der Waals surface area contributed by atoms with Gasteiger partial charge in [0, 0.05) is 6.42 Å². The topological polar surface area (TPSA) is 77.4 Å². The number of unbranched alkanes of at least 4 members (excludes halogenated alkanes) is 5. The van der Waals surface area contributed by atoms with Gasteiger partial charge < -0.3 is 15.0 Å². The Labute approximate surface area is 164 Å². The van der Waals surface area contributed by atoms with Crippen molar-refractivity contribution in [1.29, 1.82) is 0 Å². The maximum Gasteiger partial charge on any atom is 1.00 e. The van der Waals surface area contributed by atoms with Crippen LogP contribution in [0, 0.1) is 0 Å². The van der Waals surface area contributed by atoms with Crippen molar-refractivity contribution in [3.8, 4) is 0 Å². The van der Waals surface area contributed by atoms with Gasteiger partial charge in [-0.05, 0) is 19.4 Å². The van der Waals surface area contributed by atoms with Crippen LogP contribution in [-0.4, -0.2) is 17.0 Å². The van der Waals surface area contributed by atoms with E-state index in [1.807, 2.05) is 0 Å². The molecule has 0 aliphatic rings. The summed E-state index contributed by atoms with van der Waals surface area (Å²) in [4.78, 5) is 19.7. The molecule has 0 fully saturated rings. The second-order valence-corrected chi connectivity index (χ2v) is 4.12. The average molecular weight is 308 g/mol. The molecule has 0 rings (SSSR count). The van der Waals surface area contributed by atoms with Gasteiger partial charge >= 0.3 is 57.4 Å². The van der Waals surface area contributed by atoms with Crippen molar-refractivity contribution in [2.45, 2.75) is 58.8 Å². The van der Waals surface area contributed by atoms with E-state index in [9.17, 15) is 14.7 Å². The summed E-state index contributed by atoms with van der Waals surface area (Å²) >= 11 is 0. The molecule has 5 heteroatoms. The van der Waals surface area contributed by atoms with E-state index in [-0.39, 0.29) is 51.4 Å². The number of rotatable bonds is 9. The molecular weight excluding hydrogens is 283 g/mol. The summed E-state index contributed by atoms with van der Waals surface area (Å²) in [6.07, 6.45) is 13.0. The summed E-state index contributed by atoms with van der Waals surface area (Å²) in [7, 11) is 0. The smallest absolute Gasteiger partial charge is 0.545 e. The molecule has 0 aromatic heterocycles. The third-order valence-corrected chi connectivity index (χ3v) is 2.28. The van der Waals surface area contributed by atoms with Crippen molar-refractivity contribution in [3.63, 3.8) is 0 Å². The second-order valence-electron chi connectivity index (χ2n) is 4.12. The Balaban J connectivity index is -0.000000288. The van der Waals surface area contributed by atoms with Gasteiger partial charge in [-0.2, -0.15) is 0 Å². The number of hydrogen-bond acceptors (Lipinski definition) is 3. The monoisotopic (exact) mass is 308 g/mol. The SMILES string of the molecule is CC=CC=CC(=O)[O-].CCCCCCCCC(=O)O.[K+]. The van der Waals surface area contributed by atoms with Gasteiger partial charge in [0.15, 0.2) is 0 Å². The fourth-order valence-corrected chi connectivity index (χ4v) is 1.30. The van der Waals surface area contributed by atoms with Crippen LogP contribution in [0.25, 0.3) is 0 Å². The first-order chi connectivity index (χ1) is 9.04. The molecule has 1 N–H and O–H groups in total. The Morgan fingerprint density at radius 1 is 1.05 bits per heavy atom. The van der Waals surface area contributed by atoms with E-state index in [2.05, 4.69) is 6.92 Å². The molecule has 4 nitrogen and oxygen atoms in total. The van der Waals surface area contributed by atoms with Crippen LogP contribution >= 0.6 is 0 Å². The van der Waals surface area contributed by atoms with Gasteiger partial charge in [-0.25, -0.2) is 0 Å². The quantitative estimate of drug-likeness (QED) is 0.274. The largest absolute Gasteiger partial charge is 1.00 e. The van der Waals surface area contributed by atoms with Crippen molar-refractivity contribution in [3.05, 3.63) is 24.3 Å². The minimum absolute atomic E-state index is 0. The van der Waals surface area contributed by atoms with E-state index in [1.54, 1.807) is 19.1 Å². The van der Waals surface area contributed by atoms with E-state index in [1.165, 1.54) is 31.8 Å². The Morgan fingerprint density at radius 2 is 1.60 bits per heavy atom. The van der Waals surface area contributed by atoms with Gasteiger partial charge in [0.2, 0.25) is 0 Å². The van der Waals surface area contributed by atoms with E-state index in [0.717, 1.165) is 18.9 Å². The molecule has 0 aromatic rings. The molecule has 0 saturated heterocycles. The predicted octanol–water partition coefficient (Wildman–Crippen LogP) is -0.306. The Hall–Kier alpha value is 0.0564. The van der Waals surface area contributed by atoms with Crippen LogP contribution < -0.4 is 56.5 Å². The standard InChI is InChI=1S/C9H18O2.C6H8O2.K/c1-2-3-4-5-6-7-8-9(10)11;1-2-3-4-5-6(7)8;/h2-8H2,1H3,(H,10,11);2-5H,1H3,(H,7,8);/q;;+1/p-1. The van der Waals surface area contributed by atoms with Crippen molar-refractivity contribution in [2.24, 2.45) is 0 Å². The summed E-state index contributed by atoms with van der Waals surface area (Å²) in [5, 5.41) is 18.0. The fourth-order valence-electron chi connectivity index (χ4n) is 1.30. The Bertz CT molecular complexity index is 286. The first-order valence-corrected chi connectivity index (χ1v) is 6.76. The number of aliphatic carboxylic acids is 2. The van der Waals surface area contributed by atoms with Crippen LogP contribution in [0.5, 0.6) is 0 Å². The summed E-state index contributed by atoms with van der Waals surface area (Å²) in [5.41, 5.74) is 0. The summed E-state index contributed by atoms with van der Waals surface area (Å²) in [6.45, 7) is 3.98. The molecule has 0 atom stereocenters. The van der Waals surface area contributed by atoms with Gasteiger partial charge in [0.25, 0.3) is 0 Å². The summed E-state index contributed by atoms with van der Waals surface area (Å²) in [6, 6.07) is 0. The third-order valence-electron chi connectivity index (χ3n) is 2.28. The van der Waals surface area contributed by atoms with Crippen molar-refractivity contribution in [2.75, 3.05) is 0 Å². The van der Waals surface area contributed by atoms with Crippen molar-refractivity contribution in [1.82, 2.24) is 0 Å². The maximum absolute atomic E-state index is 10.1. The number of carbonyl (C=O) groups excluding carboxylic acids is 1. The van der Waals surface area contributed by atoms with Crippen molar-refractivity contribution >= 4 is 11.9 Å². The fraction of sp³-hybridized carbons (Fsp3) is 0.600. The predicted molar refractivity (Wildman–Crippen MR) is 74.6 cm³/mol. The molecule has 0 saturated carbocycles. The Morgan fingerprint density at radius 3 is 2.05 bits per heavy atom. The Kier molecular flexibility index (Phi) is 26.7. The summed E-state index contributed by atoms with van der Waals surface area (Å²) < 4.78 is 0. The minimum atomic E-state index is -1.16. The molecule has 0 spiro atoms. The molecular formula is C15H25KO4. The molecule has 0 unspecified atom stereocenters. The van der Waals surface area contributed by atoms with E-state index in [0.29, 0.717) is 6.42 Å². The minimum Gasteiger partial charge on any atom is -0.545 e. The van der Waals surface area contributed by atoms with E-state index < -0.39 is 11.9 Å². The molecule has 0 aliphatic heterocycles. The van der Waals surface area contributed by atoms with E-state index >= 15 is 0 Å². The molecule has 20 heavy (non-hydrogen) atoms. The molecule has 0 amide bonds. The van der Waals surface area contributed by atoms with Gasteiger partial charge in [-0.15, -0.1) is 0 Å². The average Bonchev–Trinajstić information content (AvgIpc) is 2.34. The first-order valence-electron chi connectivity index (χ1n) is 6.76. The van der Waals surface area contributed by atoms with Gasteiger partial charge in [0.05, 0.1) is 5.97 Å². The maximum atomic E-state index is 10.1. The van der Waals surface area contributed by atoms with Crippen molar-refractivity contribution < 1.29 is 71.2 Å². The molecule has 0 heterocycles. The van der Waals surface area contributed by atoms with Crippen LogP contribution in [0.2, 0.25) is 0 Å². The van der Waals surface area contributed by atoms with Gasteiger partial charge in [-0.3, -0.25) is 4.79 Å². The van der Waals surface area contributed by atoms with Gasteiger partial charge in [0.1, 0.15) is 0 Å². The molecule has 0 bridgehead atoms. The van der Waals surface area contributed by atoms with Crippen LogP contribution in [0.3, 0.4) is 0 Å². The normalized spacial score (nSPS) is 9.90. The first kappa shape index (κ1) is 25.0. The number of hydrogen-bond donors (Lipinski definition) is 1. The van der Waals surface area contributed by atoms with Crippen LogP contribution in [0.4, 0.5) is 0 Å². The zero-order chi connectivity index (χ0) is 14.9. The third kappa shape index (κ3) is 30.8. The zero-order valence-corrected chi connectivity index (χ0v) is 16.1. The molecule has 110 valence electrons. The van der Waals surface area contributed by atoms with Crippen LogP contribution in [0.15, 0.2) is 24.3 Å². The van der Waals surface area contributed by atoms with Gasteiger partial charge in [-0.1, -0.05) is 57.3 Å². The second kappa shape index (κ2) is 21.4. The number of carbonyl (C=O) groups is 2. The molecule has 0 aliphatic carbocycles. The van der Waals surface area contributed by atoms with Crippen LogP contribution in [-0.2, 0) is 9.59 Å². The number of carboxylic acid groups (broad SMARTS) is 2. The number of carboxylic acids is 2. The van der Waals surface area contributed by atoms with Crippen LogP contribution in [0.1, 0.15) is 58.8 Å². The molecule has 0 radical (unpaired) electrons. The molecule has 0 aromatic carbocycles. The van der Waals surface area contributed by atoms with E-state index in [4.69, 9.17) is 5.11 Å². The summed E-state index contributed by atoms with van der Waals surface area (Å²) in [5.74, 6) is -1.83. The zero-order valence-electron chi connectivity index (χ0n) is 12.9. The number of allylic oxidation sites excluding steroid dienone is 3.